The topological polar surface area (TPSA) is 74.6 Å². The van der Waals surface area contributed by atoms with Gasteiger partial charge in [0.15, 0.2) is 5.17 Å². The number of pyridine rings is 1. The lowest BCUT2D eigenvalue weighted by Crippen LogP contribution is -2.37. The molecule has 1 aromatic heterocycles. The Morgan fingerprint density at radius 3 is 2.79 bits per heavy atom. The Kier molecular flexibility index (Phi) is 5.50. The predicted octanol–water partition coefficient (Wildman–Crippen LogP) is 3.40. The summed E-state index contributed by atoms with van der Waals surface area (Å²) in [6.07, 6.45) is 4.25. The number of fused-ring (bicyclic) bond motifs is 1. The van der Waals surface area contributed by atoms with E-state index in [0.29, 0.717) is 16.5 Å². The van der Waals surface area contributed by atoms with Crippen LogP contribution in [0.2, 0.25) is 0 Å². The first-order valence-corrected chi connectivity index (χ1v) is 9.81. The number of amides is 1. The Morgan fingerprint density at radius 2 is 1.96 bits per heavy atom. The number of benzene rings is 2. The molecule has 2 N–H and O–H groups in total. The fraction of sp³-hybridized carbons (Fsp3) is 0.136. The van der Waals surface area contributed by atoms with E-state index >= 15 is 0 Å². The lowest BCUT2D eigenvalue weighted by Gasteiger charge is -2.16. The SMILES string of the molecule is O=C1N=C(NC(CO)Cc2ccccc2)S/C1=C\c1ccc2ncccc2c1. The third-order valence-electron chi connectivity index (χ3n) is 4.42. The van der Waals surface area contributed by atoms with Crippen LogP contribution >= 0.6 is 11.8 Å². The molecular weight excluding hydrogens is 370 g/mol. The lowest BCUT2D eigenvalue weighted by molar-refractivity contribution is -0.113. The zero-order valence-electron chi connectivity index (χ0n) is 15.1. The number of amidine groups is 1. The van der Waals surface area contributed by atoms with Gasteiger partial charge in [-0.2, -0.15) is 4.99 Å². The molecule has 5 nitrogen and oxygen atoms in total. The van der Waals surface area contributed by atoms with Gasteiger partial charge < -0.3 is 10.4 Å². The fourth-order valence-corrected chi connectivity index (χ4v) is 3.93. The van der Waals surface area contributed by atoms with E-state index in [0.717, 1.165) is 22.0 Å². The van der Waals surface area contributed by atoms with Crippen molar-refractivity contribution < 1.29 is 9.90 Å². The Hall–Kier alpha value is -2.96. The number of hydrogen-bond acceptors (Lipinski definition) is 5. The van der Waals surface area contributed by atoms with Crippen LogP contribution in [0.15, 0.2) is 76.8 Å². The number of thioether (sulfide) groups is 1. The van der Waals surface area contributed by atoms with Gasteiger partial charge in [-0.3, -0.25) is 9.78 Å². The van der Waals surface area contributed by atoms with Gasteiger partial charge in [-0.25, -0.2) is 0 Å². The Bertz CT molecular complexity index is 1060. The van der Waals surface area contributed by atoms with Crippen molar-refractivity contribution in [1.29, 1.82) is 0 Å². The van der Waals surface area contributed by atoms with Crippen LogP contribution < -0.4 is 5.32 Å². The quantitative estimate of drug-likeness (QED) is 0.654. The Morgan fingerprint density at radius 1 is 1.11 bits per heavy atom. The highest BCUT2D eigenvalue weighted by molar-refractivity contribution is 8.18. The van der Waals surface area contributed by atoms with Crippen LogP contribution in [0.4, 0.5) is 0 Å². The molecule has 0 fully saturated rings. The second-order valence-electron chi connectivity index (χ2n) is 6.50. The molecule has 1 amide bonds. The van der Waals surface area contributed by atoms with Crippen LogP contribution in [0.1, 0.15) is 11.1 Å². The maximum absolute atomic E-state index is 12.3. The minimum Gasteiger partial charge on any atom is -0.394 e. The molecule has 2 heterocycles. The predicted molar refractivity (Wildman–Crippen MR) is 114 cm³/mol. The zero-order chi connectivity index (χ0) is 19.3. The largest absolute Gasteiger partial charge is 0.394 e. The summed E-state index contributed by atoms with van der Waals surface area (Å²) in [4.78, 5) is 21.3. The molecule has 1 atom stereocenters. The second-order valence-corrected chi connectivity index (χ2v) is 7.53. The van der Waals surface area contributed by atoms with Crippen molar-refractivity contribution in [3.63, 3.8) is 0 Å². The molecule has 2 aromatic carbocycles. The molecule has 0 aliphatic carbocycles. The number of aliphatic hydroxyl groups excluding tert-OH is 1. The minimum absolute atomic E-state index is 0.0423. The maximum atomic E-state index is 12.3. The number of carbonyl (C=O) groups excluding carboxylic acids is 1. The summed E-state index contributed by atoms with van der Waals surface area (Å²) in [6.45, 7) is -0.0423. The summed E-state index contributed by atoms with van der Waals surface area (Å²) < 4.78 is 0. The third kappa shape index (κ3) is 4.30. The van der Waals surface area contributed by atoms with E-state index in [-0.39, 0.29) is 18.6 Å². The van der Waals surface area contributed by atoms with Gasteiger partial charge in [0.2, 0.25) is 0 Å². The van der Waals surface area contributed by atoms with Gasteiger partial charge in [-0.05, 0) is 53.6 Å². The third-order valence-corrected chi connectivity index (χ3v) is 5.33. The van der Waals surface area contributed by atoms with Gasteiger partial charge >= 0.3 is 0 Å². The Labute approximate surface area is 167 Å². The molecule has 6 heteroatoms. The number of aliphatic hydroxyl groups is 1. The molecule has 28 heavy (non-hydrogen) atoms. The van der Waals surface area contributed by atoms with Crippen molar-refractivity contribution in [3.8, 4) is 0 Å². The van der Waals surface area contributed by atoms with E-state index in [4.69, 9.17) is 0 Å². The van der Waals surface area contributed by atoms with Gasteiger partial charge in [-0.15, -0.1) is 0 Å². The summed E-state index contributed by atoms with van der Waals surface area (Å²) in [5, 5.41) is 14.4. The lowest BCUT2D eigenvalue weighted by atomic mass is 10.1. The van der Waals surface area contributed by atoms with Gasteiger partial charge in [0.25, 0.3) is 5.91 Å². The van der Waals surface area contributed by atoms with Crippen molar-refractivity contribution in [3.05, 3.63) is 82.9 Å². The summed E-state index contributed by atoms with van der Waals surface area (Å²) in [5.74, 6) is -0.268. The summed E-state index contributed by atoms with van der Waals surface area (Å²) in [7, 11) is 0. The highest BCUT2D eigenvalue weighted by Gasteiger charge is 2.23. The average Bonchev–Trinajstić information content (AvgIpc) is 3.07. The van der Waals surface area contributed by atoms with Crippen LogP contribution in [-0.4, -0.2) is 33.8 Å². The maximum Gasteiger partial charge on any atom is 0.286 e. The van der Waals surface area contributed by atoms with E-state index in [1.807, 2.05) is 66.7 Å². The molecule has 4 rings (SSSR count). The Balaban J connectivity index is 1.46. The highest BCUT2D eigenvalue weighted by Crippen LogP contribution is 2.28. The molecule has 140 valence electrons. The molecular formula is C22H19N3O2S. The van der Waals surface area contributed by atoms with E-state index < -0.39 is 0 Å². The van der Waals surface area contributed by atoms with Crippen molar-refractivity contribution in [1.82, 2.24) is 10.3 Å². The number of aliphatic imine (C=N–C) groups is 1. The number of aromatic nitrogens is 1. The molecule has 0 saturated heterocycles. The number of carbonyl (C=O) groups is 1. The highest BCUT2D eigenvalue weighted by atomic mass is 32.2. The van der Waals surface area contributed by atoms with Crippen LogP contribution in [-0.2, 0) is 11.2 Å². The first-order chi connectivity index (χ1) is 13.7. The normalized spacial score (nSPS) is 16.4. The van der Waals surface area contributed by atoms with Crippen LogP contribution in [0.3, 0.4) is 0 Å². The van der Waals surface area contributed by atoms with Crippen LogP contribution in [0, 0.1) is 0 Å². The summed E-state index contributed by atoms with van der Waals surface area (Å²) >= 11 is 1.30. The molecule has 0 radical (unpaired) electrons. The monoisotopic (exact) mass is 389 g/mol. The second kappa shape index (κ2) is 8.37. The van der Waals surface area contributed by atoms with Crippen LogP contribution in [0.5, 0.6) is 0 Å². The average molecular weight is 389 g/mol. The van der Waals surface area contributed by atoms with E-state index in [1.54, 1.807) is 6.20 Å². The molecule has 1 unspecified atom stereocenters. The van der Waals surface area contributed by atoms with Crippen molar-refractivity contribution >= 4 is 39.8 Å². The molecule has 0 bridgehead atoms. The number of rotatable bonds is 5. The van der Waals surface area contributed by atoms with Crippen molar-refractivity contribution in [2.45, 2.75) is 12.5 Å². The smallest absolute Gasteiger partial charge is 0.286 e. The van der Waals surface area contributed by atoms with Gasteiger partial charge in [0, 0.05) is 11.6 Å². The first-order valence-electron chi connectivity index (χ1n) is 9.00. The van der Waals surface area contributed by atoms with E-state index in [2.05, 4.69) is 15.3 Å². The van der Waals surface area contributed by atoms with Gasteiger partial charge in [-0.1, -0.05) is 42.5 Å². The molecule has 3 aromatic rings. The number of hydrogen-bond donors (Lipinski definition) is 2. The van der Waals surface area contributed by atoms with Crippen molar-refractivity contribution in [2.24, 2.45) is 4.99 Å². The molecule has 1 aliphatic heterocycles. The van der Waals surface area contributed by atoms with Crippen LogP contribution in [0.25, 0.3) is 17.0 Å². The van der Waals surface area contributed by atoms with E-state index in [9.17, 15) is 9.90 Å². The van der Waals surface area contributed by atoms with Gasteiger partial charge in [0.1, 0.15) is 0 Å². The number of nitrogens with one attached hydrogen (secondary N) is 1. The summed E-state index contributed by atoms with van der Waals surface area (Å²) in [6, 6.07) is 19.5. The standard InChI is InChI=1S/C22H19N3O2S/c26-14-18(12-15-5-2-1-3-6-15)24-22-25-21(27)20(28-22)13-16-8-9-19-17(11-16)7-4-10-23-19/h1-11,13,18,26H,12,14H2,(H,24,25,27)/b20-13-. The fourth-order valence-electron chi connectivity index (χ4n) is 3.04. The number of nitrogens with zero attached hydrogens (tertiary/aromatic N) is 2. The van der Waals surface area contributed by atoms with Crippen molar-refractivity contribution in [2.75, 3.05) is 6.61 Å². The molecule has 0 spiro atoms. The van der Waals surface area contributed by atoms with E-state index in [1.165, 1.54) is 11.8 Å². The summed E-state index contributed by atoms with van der Waals surface area (Å²) in [5.41, 5.74) is 2.96. The minimum atomic E-state index is -0.268. The zero-order valence-corrected chi connectivity index (χ0v) is 15.9. The molecule has 1 aliphatic rings. The van der Waals surface area contributed by atoms with Gasteiger partial charge in [0.05, 0.1) is 23.1 Å². The first kappa shape index (κ1) is 18.4. The molecule has 0 saturated carbocycles.